The van der Waals surface area contributed by atoms with Crippen LogP contribution in [-0.4, -0.2) is 50.8 Å². The highest BCUT2D eigenvalue weighted by Crippen LogP contribution is 2.31. The molecule has 6 nitrogen and oxygen atoms in total. The lowest BCUT2D eigenvalue weighted by atomic mass is 10.0. The number of para-hydroxylation sites is 1. The van der Waals surface area contributed by atoms with E-state index in [0.29, 0.717) is 6.54 Å². The van der Waals surface area contributed by atoms with Crippen LogP contribution in [-0.2, 0) is 0 Å². The van der Waals surface area contributed by atoms with Crippen LogP contribution in [0.15, 0.2) is 48.5 Å². The first-order valence-corrected chi connectivity index (χ1v) is 11.0. The first-order chi connectivity index (χ1) is 14.7. The third-order valence-corrected chi connectivity index (χ3v) is 6.11. The van der Waals surface area contributed by atoms with E-state index in [1.54, 1.807) is 7.11 Å². The van der Waals surface area contributed by atoms with Crippen LogP contribution < -0.4 is 20.3 Å². The molecule has 2 saturated heterocycles. The van der Waals surface area contributed by atoms with Gasteiger partial charge >= 0.3 is 6.03 Å². The fourth-order valence-corrected chi connectivity index (χ4v) is 4.55. The average molecular weight is 409 g/mol. The Bertz CT molecular complexity index is 845. The molecular formula is C24H32N4O2. The number of benzene rings is 2. The second-order valence-electron chi connectivity index (χ2n) is 8.08. The summed E-state index contributed by atoms with van der Waals surface area (Å²) in [5.74, 6) is 0.870. The highest BCUT2D eigenvalue weighted by atomic mass is 16.5. The molecule has 4 rings (SSSR count). The summed E-state index contributed by atoms with van der Waals surface area (Å²) in [6, 6.07) is 16.1. The number of methoxy groups -OCH3 is 1. The maximum atomic E-state index is 12.7. The molecule has 0 spiro atoms. The predicted molar refractivity (Wildman–Crippen MR) is 121 cm³/mol. The van der Waals surface area contributed by atoms with Gasteiger partial charge in [0.15, 0.2) is 0 Å². The van der Waals surface area contributed by atoms with Gasteiger partial charge in [-0.15, -0.1) is 0 Å². The van der Waals surface area contributed by atoms with Gasteiger partial charge in [0.25, 0.3) is 0 Å². The van der Waals surface area contributed by atoms with E-state index in [9.17, 15) is 4.79 Å². The van der Waals surface area contributed by atoms with Crippen LogP contribution in [0.2, 0.25) is 0 Å². The lowest BCUT2D eigenvalue weighted by Crippen LogP contribution is -2.38. The van der Waals surface area contributed by atoms with Crippen LogP contribution in [0.1, 0.15) is 37.3 Å². The summed E-state index contributed by atoms with van der Waals surface area (Å²) >= 11 is 0. The summed E-state index contributed by atoms with van der Waals surface area (Å²) in [5.41, 5.74) is 3.12. The number of carbonyl (C=O) groups is 1. The van der Waals surface area contributed by atoms with Gasteiger partial charge in [-0.25, -0.2) is 4.79 Å². The molecule has 2 aliphatic rings. The molecular weight excluding hydrogens is 376 g/mol. The monoisotopic (exact) mass is 408 g/mol. The first kappa shape index (κ1) is 20.5. The molecule has 1 atom stereocenters. The summed E-state index contributed by atoms with van der Waals surface area (Å²) in [5, 5.41) is 6.09. The Morgan fingerprint density at radius 1 is 1.00 bits per heavy atom. The fourth-order valence-electron chi connectivity index (χ4n) is 4.55. The molecule has 2 N–H and O–H groups in total. The Hall–Kier alpha value is -2.73. The lowest BCUT2D eigenvalue weighted by molar-refractivity contribution is 0.224. The lowest BCUT2D eigenvalue weighted by Gasteiger charge is -2.29. The van der Waals surface area contributed by atoms with E-state index in [0.717, 1.165) is 43.2 Å². The molecule has 0 saturated carbocycles. The largest absolute Gasteiger partial charge is 0.496 e. The number of likely N-dealkylation sites (tertiary alicyclic amines) is 1. The average Bonchev–Trinajstić information content (AvgIpc) is 3.49. The Morgan fingerprint density at radius 2 is 1.73 bits per heavy atom. The van der Waals surface area contributed by atoms with Gasteiger partial charge in [0.1, 0.15) is 5.75 Å². The Morgan fingerprint density at radius 3 is 2.50 bits per heavy atom. The number of urea groups is 1. The number of nitrogens with one attached hydrogen (secondary N) is 2. The number of hydrogen-bond acceptors (Lipinski definition) is 4. The number of hydrogen-bond donors (Lipinski definition) is 2. The van der Waals surface area contributed by atoms with Gasteiger partial charge < -0.3 is 20.3 Å². The molecule has 6 heteroatoms. The van der Waals surface area contributed by atoms with Crippen LogP contribution in [0.25, 0.3) is 0 Å². The summed E-state index contributed by atoms with van der Waals surface area (Å²) in [6.07, 6.45) is 4.86. The van der Waals surface area contributed by atoms with E-state index in [1.165, 1.54) is 31.4 Å². The van der Waals surface area contributed by atoms with E-state index in [-0.39, 0.29) is 12.1 Å². The number of anilines is 2. The smallest absolute Gasteiger partial charge is 0.319 e. The quantitative estimate of drug-likeness (QED) is 0.719. The highest BCUT2D eigenvalue weighted by molar-refractivity contribution is 5.89. The SMILES string of the molecule is COc1ccccc1[C@@H](CNC(=O)Nc1cccc(N2CCCC2)c1)N1CCCC1. The summed E-state index contributed by atoms with van der Waals surface area (Å²) in [7, 11) is 1.70. The zero-order valence-corrected chi connectivity index (χ0v) is 17.8. The van der Waals surface area contributed by atoms with Crippen LogP contribution in [0, 0.1) is 0 Å². The topological polar surface area (TPSA) is 56.8 Å². The van der Waals surface area contributed by atoms with Crippen molar-refractivity contribution in [3.63, 3.8) is 0 Å². The van der Waals surface area contributed by atoms with Crippen molar-refractivity contribution >= 4 is 17.4 Å². The minimum absolute atomic E-state index is 0.102. The third-order valence-electron chi connectivity index (χ3n) is 6.11. The molecule has 2 aromatic carbocycles. The van der Waals surface area contributed by atoms with Crippen molar-refractivity contribution in [3.05, 3.63) is 54.1 Å². The van der Waals surface area contributed by atoms with Crippen LogP contribution >= 0.6 is 0 Å². The highest BCUT2D eigenvalue weighted by Gasteiger charge is 2.26. The van der Waals surface area contributed by atoms with Gasteiger partial charge in [-0.05, 0) is 63.0 Å². The molecule has 2 amide bonds. The number of nitrogens with zero attached hydrogens (tertiary/aromatic N) is 2. The molecule has 2 heterocycles. The Labute approximate surface area is 179 Å². The summed E-state index contributed by atoms with van der Waals surface area (Å²) < 4.78 is 5.59. The maximum Gasteiger partial charge on any atom is 0.319 e. The van der Waals surface area contributed by atoms with Gasteiger partial charge in [0, 0.05) is 36.6 Å². The zero-order chi connectivity index (χ0) is 20.8. The van der Waals surface area contributed by atoms with Gasteiger partial charge in [-0.2, -0.15) is 0 Å². The Balaban J connectivity index is 1.41. The molecule has 0 bridgehead atoms. The number of amides is 2. The van der Waals surface area contributed by atoms with Crippen LogP contribution in [0.3, 0.4) is 0 Å². The van der Waals surface area contributed by atoms with E-state index in [1.807, 2.05) is 30.3 Å². The summed E-state index contributed by atoms with van der Waals surface area (Å²) in [4.78, 5) is 17.5. The van der Waals surface area contributed by atoms with E-state index in [4.69, 9.17) is 4.74 Å². The molecule has 2 aliphatic heterocycles. The zero-order valence-electron chi connectivity index (χ0n) is 17.8. The normalized spacial score (nSPS) is 17.7. The van der Waals surface area contributed by atoms with E-state index >= 15 is 0 Å². The van der Waals surface area contributed by atoms with Crippen molar-refractivity contribution in [1.82, 2.24) is 10.2 Å². The van der Waals surface area contributed by atoms with E-state index < -0.39 is 0 Å². The van der Waals surface area contributed by atoms with Crippen molar-refractivity contribution in [2.75, 3.05) is 50.1 Å². The van der Waals surface area contributed by atoms with Gasteiger partial charge in [-0.1, -0.05) is 24.3 Å². The molecule has 0 radical (unpaired) electrons. The molecule has 160 valence electrons. The first-order valence-electron chi connectivity index (χ1n) is 11.0. The standard InChI is InChI=1S/C24H32N4O2/c1-30-23-12-3-2-11-21(23)22(28-15-6-7-16-28)18-25-24(29)26-19-9-8-10-20(17-19)27-13-4-5-14-27/h2-3,8-12,17,22H,4-7,13-16,18H2,1H3,(H2,25,26,29)/t22-/m1/s1. The minimum Gasteiger partial charge on any atom is -0.496 e. The molecule has 0 aliphatic carbocycles. The molecule has 30 heavy (non-hydrogen) atoms. The maximum absolute atomic E-state index is 12.7. The number of carbonyl (C=O) groups excluding carboxylic acids is 1. The van der Waals surface area contributed by atoms with Crippen LogP contribution in [0.4, 0.5) is 16.2 Å². The summed E-state index contributed by atoms with van der Waals surface area (Å²) in [6.45, 7) is 4.81. The molecule has 0 aromatic heterocycles. The van der Waals surface area contributed by atoms with Crippen molar-refractivity contribution in [1.29, 1.82) is 0 Å². The molecule has 0 unspecified atom stereocenters. The number of ether oxygens (including phenoxy) is 1. The fraction of sp³-hybridized carbons (Fsp3) is 0.458. The number of rotatable bonds is 7. The van der Waals surface area contributed by atoms with Gasteiger partial charge in [0.2, 0.25) is 0 Å². The van der Waals surface area contributed by atoms with Crippen molar-refractivity contribution in [2.24, 2.45) is 0 Å². The third kappa shape index (κ3) is 4.87. The molecule has 2 fully saturated rings. The molecule has 2 aromatic rings. The van der Waals surface area contributed by atoms with Crippen molar-refractivity contribution in [2.45, 2.75) is 31.7 Å². The second kappa shape index (κ2) is 9.85. The minimum atomic E-state index is -0.173. The van der Waals surface area contributed by atoms with Crippen LogP contribution in [0.5, 0.6) is 5.75 Å². The van der Waals surface area contributed by atoms with Crippen molar-refractivity contribution in [3.8, 4) is 5.75 Å². The van der Waals surface area contributed by atoms with Gasteiger partial charge in [0.05, 0.1) is 13.2 Å². The predicted octanol–water partition coefficient (Wildman–Crippen LogP) is 4.25. The second-order valence-corrected chi connectivity index (χ2v) is 8.08. The van der Waals surface area contributed by atoms with Crippen molar-refractivity contribution < 1.29 is 9.53 Å². The van der Waals surface area contributed by atoms with Gasteiger partial charge in [-0.3, -0.25) is 4.90 Å². The Kier molecular flexibility index (Phi) is 6.74. The van der Waals surface area contributed by atoms with E-state index in [2.05, 4.69) is 38.6 Å².